The van der Waals surface area contributed by atoms with Crippen molar-refractivity contribution in [3.8, 4) is 5.75 Å². The monoisotopic (exact) mass is 456 g/mol. The molecule has 0 bridgehead atoms. The Labute approximate surface area is 189 Å². The van der Waals surface area contributed by atoms with Crippen molar-refractivity contribution in [1.82, 2.24) is 5.32 Å². The number of thiocarbonyl (C=S) groups is 1. The summed E-state index contributed by atoms with van der Waals surface area (Å²) in [5, 5.41) is 3.10. The molecule has 2 aliphatic heterocycles. The van der Waals surface area contributed by atoms with Crippen LogP contribution in [-0.2, 0) is 16.1 Å². The van der Waals surface area contributed by atoms with Crippen LogP contribution in [0.3, 0.4) is 0 Å². The summed E-state index contributed by atoms with van der Waals surface area (Å²) in [4.78, 5) is 28.1. The van der Waals surface area contributed by atoms with Crippen LogP contribution in [0.5, 0.6) is 5.75 Å². The summed E-state index contributed by atoms with van der Waals surface area (Å²) < 4.78 is 6.07. The van der Waals surface area contributed by atoms with E-state index in [1.54, 1.807) is 22.7 Å². The van der Waals surface area contributed by atoms with Gasteiger partial charge >= 0.3 is 0 Å². The molecule has 5 nitrogen and oxygen atoms in total. The van der Waals surface area contributed by atoms with Crippen LogP contribution >= 0.6 is 35.7 Å². The van der Waals surface area contributed by atoms with Crippen molar-refractivity contribution in [2.75, 3.05) is 11.5 Å². The third-order valence-corrected chi connectivity index (χ3v) is 6.64. The van der Waals surface area contributed by atoms with Gasteiger partial charge in [0.25, 0.3) is 11.8 Å². The summed E-state index contributed by atoms with van der Waals surface area (Å²) in [6, 6.07) is 13.8. The van der Waals surface area contributed by atoms with Crippen LogP contribution in [0.15, 0.2) is 52.3 Å². The Morgan fingerprint density at radius 2 is 2.10 bits per heavy atom. The zero-order valence-electron chi connectivity index (χ0n) is 16.5. The Balaban J connectivity index is 1.63. The third kappa shape index (κ3) is 4.71. The van der Waals surface area contributed by atoms with Gasteiger partial charge < -0.3 is 15.0 Å². The first kappa shape index (κ1) is 21.0. The van der Waals surface area contributed by atoms with Crippen molar-refractivity contribution in [1.29, 1.82) is 0 Å². The number of benzene rings is 2. The van der Waals surface area contributed by atoms with E-state index in [1.165, 1.54) is 16.7 Å². The Morgan fingerprint density at radius 3 is 2.83 bits per heavy atom. The molecule has 8 heteroatoms. The molecule has 4 rings (SSSR count). The minimum Gasteiger partial charge on any atom is -0.482 e. The van der Waals surface area contributed by atoms with E-state index < -0.39 is 0 Å². The fourth-order valence-corrected chi connectivity index (χ4v) is 5.19. The van der Waals surface area contributed by atoms with Gasteiger partial charge in [-0.2, -0.15) is 0 Å². The first-order chi connectivity index (χ1) is 14.4. The number of rotatable bonds is 5. The van der Waals surface area contributed by atoms with Crippen LogP contribution in [0.25, 0.3) is 6.08 Å². The number of nitrogens with one attached hydrogen (secondary N) is 1. The Bertz CT molecular complexity index is 1070. The van der Waals surface area contributed by atoms with E-state index in [0.717, 1.165) is 11.1 Å². The molecule has 1 saturated heterocycles. The summed E-state index contributed by atoms with van der Waals surface area (Å²) in [7, 11) is 0. The van der Waals surface area contributed by atoms with Crippen LogP contribution in [0.4, 0.5) is 5.69 Å². The highest BCUT2D eigenvalue weighted by molar-refractivity contribution is 8.26. The lowest BCUT2D eigenvalue weighted by Gasteiger charge is -2.30. The predicted molar refractivity (Wildman–Crippen MR) is 127 cm³/mol. The lowest BCUT2D eigenvalue weighted by molar-refractivity contribution is -0.121. The van der Waals surface area contributed by atoms with Gasteiger partial charge in [0.05, 0.1) is 17.1 Å². The fourth-order valence-electron chi connectivity index (χ4n) is 3.23. The highest BCUT2D eigenvalue weighted by Gasteiger charge is 2.27. The molecule has 0 unspecified atom stereocenters. The van der Waals surface area contributed by atoms with Crippen molar-refractivity contribution in [3.63, 3.8) is 0 Å². The van der Waals surface area contributed by atoms with E-state index >= 15 is 0 Å². The molecule has 2 heterocycles. The molecule has 0 atom stereocenters. The van der Waals surface area contributed by atoms with Gasteiger partial charge in [-0.05, 0) is 41.5 Å². The SMILES string of the molecule is CC(C)Sc1cccc(CN2C(=O)COc3ccc(C=C4SC(=S)NC4=O)cc32)c1. The first-order valence-electron chi connectivity index (χ1n) is 9.47. The van der Waals surface area contributed by atoms with E-state index in [0.29, 0.717) is 32.5 Å². The molecule has 2 amide bonds. The molecule has 0 spiro atoms. The summed E-state index contributed by atoms with van der Waals surface area (Å²) >= 11 is 8.07. The van der Waals surface area contributed by atoms with Crippen LogP contribution in [0, 0.1) is 0 Å². The lowest BCUT2D eigenvalue weighted by atomic mass is 10.1. The maximum absolute atomic E-state index is 12.7. The van der Waals surface area contributed by atoms with Crippen molar-refractivity contribution < 1.29 is 14.3 Å². The number of anilines is 1. The molecule has 0 radical (unpaired) electrons. The first-order valence-corrected chi connectivity index (χ1v) is 11.6. The number of nitrogens with zero attached hydrogens (tertiary/aromatic N) is 1. The van der Waals surface area contributed by atoms with Gasteiger partial charge in [0.15, 0.2) is 6.61 Å². The number of amides is 2. The van der Waals surface area contributed by atoms with Crippen molar-refractivity contribution in [2.24, 2.45) is 0 Å². The summed E-state index contributed by atoms with van der Waals surface area (Å²) in [6.45, 7) is 4.79. The lowest BCUT2D eigenvalue weighted by Crippen LogP contribution is -2.38. The molecular weight excluding hydrogens is 436 g/mol. The highest BCUT2D eigenvalue weighted by atomic mass is 32.2. The normalized spacial score (nSPS) is 17.4. The molecule has 0 aliphatic carbocycles. The maximum atomic E-state index is 12.7. The third-order valence-electron chi connectivity index (χ3n) is 4.48. The summed E-state index contributed by atoms with van der Waals surface area (Å²) in [6.07, 6.45) is 1.77. The van der Waals surface area contributed by atoms with Gasteiger partial charge in [-0.3, -0.25) is 9.59 Å². The fraction of sp³-hybridized carbons (Fsp3) is 0.227. The molecule has 30 heavy (non-hydrogen) atoms. The molecule has 0 aromatic heterocycles. The molecule has 2 aromatic carbocycles. The topological polar surface area (TPSA) is 58.6 Å². The number of carbonyl (C=O) groups excluding carboxylic acids is 2. The zero-order chi connectivity index (χ0) is 21.3. The average Bonchev–Trinajstić information content (AvgIpc) is 3.01. The van der Waals surface area contributed by atoms with E-state index in [4.69, 9.17) is 17.0 Å². The van der Waals surface area contributed by atoms with E-state index in [9.17, 15) is 9.59 Å². The smallest absolute Gasteiger partial charge is 0.265 e. The van der Waals surface area contributed by atoms with Crippen LogP contribution < -0.4 is 15.0 Å². The number of hydrogen-bond acceptors (Lipinski definition) is 6. The van der Waals surface area contributed by atoms with Crippen molar-refractivity contribution in [3.05, 3.63) is 58.5 Å². The van der Waals surface area contributed by atoms with Crippen LogP contribution in [0.2, 0.25) is 0 Å². The predicted octanol–water partition coefficient (Wildman–Crippen LogP) is 4.60. The number of fused-ring (bicyclic) bond motifs is 1. The van der Waals surface area contributed by atoms with Gasteiger partial charge in [-0.15, -0.1) is 11.8 Å². The molecule has 0 saturated carbocycles. The largest absolute Gasteiger partial charge is 0.482 e. The Kier molecular flexibility index (Phi) is 6.17. The van der Waals surface area contributed by atoms with Gasteiger partial charge in [0, 0.05) is 10.1 Å². The second-order valence-electron chi connectivity index (χ2n) is 7.16. The van der Waals surface area contributed by atoms with Gasteiger partial charge in [0.2, 0.25) is 0 Å². The van der Waals surface area contributed by atoms with Gasteiger partial charge in [-0.1, -0.05) is 56.0 Å². The number of carbonyl (C=O) groups is 2. The van der Waals surface area contributed by atoms with Gasteiger partial charge in [0.1, 0.15) is 10.1 Å². The minimum absolute atomic E-state index is 0.0143. The molecule has 1 N–H and O–H groups in total. The zero-order valence-corrected chi connectivity index (χ0v) is 19.0. The molecule has 1 fully saturated rings. The van der Waals surface area contributed by atoms with Crippen LogP contribution in [-0.4, -0.2) is 28.0 Å². The second kappa shape index (κ2) is 8.83. The highest BCUT2D eigenvalue weighted by Crippen LogP contribution is 2.36. The molecule has 2 aliphatic rings. The van der Waals surface area contributed by atoms with Gasteiger partial charge in [-0.25, -0.2) is 0 Å². The second-order valence-corrected chi connectivity index (χ2v) is 10.5. The molecule has 154 valence electrons. The number of thioether (sulfide) groups is 2. The standard InChI is InChI=1S/C22H20N2O3S3/c1-13(2)29-16-5-3-4-15(8-16)11-24-17-9-14(6-7-18(17)27-12-20(24)25)10-19-21(26)23-22(28)30-19/h3-10,13H,11-12H2,1-2H3,(H,23,26,28). The number of hydrogen-bond donors (Lipinski definition) is 1. The molecular formula is C22H20N2O3S3. The van der Waals surface area contributed by atoms with Crippen molar-refractivity contribution in [2.45, 2.75) is 30.5 Å². The Hall–Kier alpha value is -2.29. The van der Waals surface area contributed by atoms with E-state index in [1.807, 2.05) is 30.3 Å². The maximum Gasteiger partial charge on any atom is 0.265 e. The van der Waals surface area contributed by atoms with Crippen LogP contribution in [0.1, 0.15) is 25.0 Å². The quantitative estimate of drug-likeness (QED) is 0.403. The van der Waals surface area contributed by atoms with E-state index in [-0.39, 0.29) is 18.4 Å². The number of ether oxygens (including phenoxy) is 1. The Morgan fingerprint density at radius 1 is 1.27 bits per heavy atom. The summed E-state index contributed by atoms with van der Waals surface area (Å²) in [5.74, 6) is 0.359. The average molecular weight is 457 g/mol. The van der Waals surface area contributed by atoms with E-state index in [2.05, 4.69) is 31.3 Å². The molecule has 2 aromatic rings. The minimum atomic E-state index is -0.202. The summed E-state index contributed by atoms with van der Waals surface area (Å²) in [5.41, 5.74) is 2.57. The van der Waals surface area contributed by atoms with Crippen molar-refractivity contribution >= 4 is 63.6 Å².